The number of carboxylic acid groups (broad SMARTS) is 1. The van der Waals surface area contributed by atoms with E-state index in [2.05, 4.69) is 65.8 Å². The lowest BCUT2D eigenvalue weighted by Gasteiger charge is -2.29. The highest BCUT2D eigenvalue weighted by molar-refractivity contribution is 6.07. The third kappa shape index (κ3) is 8.70. The van der Waals surface area contributed by atoms with Crippen molar-refractivity contribution in [3.63, 3.8) is 0 Å². The normalized spacial score (nSPS) is 15.1. The molecule has 1 aliphatic heterocycles. The summed E-state index contributed by atoms with van der Waals surface area (Å²) < 4.78 is 6.55. The Kier molecular flexibility index (Phi) is 11.8. The lowest BCUT2D eigenvalue weighted by molar-refractivity contribution is 0.0782. The molecular weight excluding hydrogens is 522 g/mol. The smallest absolute Gasteiger partial charge is 0.414 e. The Morgan fingerprint density at radius 3 is 2.19 bits per heavy atom. The second-order valence-electron chi connectivity index (χ2n) is 12.2. The molecule has 0 fully saturated rings. The SMILES string of the molecule is CC(C)=CCCC(C)=CCCC(C)=CCCC1CCc2cc(-c3ccc(C)cc3C(=O)N(C)C(=O)O)c(C)c(C)c2O1. The standard InChI is InChI=1S/C37H49NO4/c1-24(2)12-9-13-25(3)14-10-15-26(4)16-11-17-31-20-19-30-23-33(28(6)29(7)35(30)42-31)32-21-18-27(5)22-34(32)36(39)38(8)37(40)41/h12,14,16,18,21-23,31H,9-11,13,15,17,19-20H2,1-8H3,(H,40,41). The van der Waals surface area contributed by atoms with E-state index in [4.69, 9.17) is 4.74 Å². The molecule has 0 aliphatic carbocycles. The van der Waals surface area contributed by atoms with E-state index in [0.717, 1.165) is 95.4 Å². The van der Waals surface area contributed by atoms with Crippen LogP contribution in [0.5, 0.6) is 5.75 Å². The van der Waals surface area contributed by atoms with Gasteiger partial charge in [0.2, 0.25) is 0 Å². The van der Waals surface area contributed by atoms with Gasteiger partial charge in [0.1, 0.15) is 5.75 Å². The molecule has 3 rings (SSSR count). The van der Waals surface area contributed by atoms with Gasteiger partial charge in [-0.05, 0) is 140 Å². The first-order valence-electron chi connectivity index (χ1n) is 15.2. The van der Waals surface area contributed by atoms with Crippen molar-refractivity contribution in [1.29, 1.82) is 0 Å². The minimum absolute atomic E-state index is 0.184. The molecule has 2 amide bonds. The van der Waals surface area contributed by atoms with Gasteiger partial charge in [-0.1, -0.05) is 52.6 Å². The third-order valence-corrected chi connectivity index (χ3v) is 8.33. The molecule has 2 aromatic rings. The summed E-state index contributed by atoms with van der Waals surface area (Å²) in [6.45, 7) is 14.8. The number of hydrogen-bond donors (Lipinski definition) is 1. The van der Waals surface area contributed by atoms with Crippen LogP contribution in [0.3, 0.4) is 0 Å². The quantitative estimate of drug-likeness (QED) is 0.273. The zero-order valence-corrected chi connectivity index (χ0v) is 26.9. The Morgan fingerprint density at radius 2 is 1.55 bits per heavy atom. The highest BCUT2D eigenvalue weighted by atomic mass is 16.5. The number of nitrogens with zero attached hydrogens (tertiary/aromatic N) is 1. The topological polar surface area (TPSA) is 66.8 Å². The number of fused-ring (bicyclic) bond motifs is 1. The van der Waals surface area contributed by atoms with Gasteiger partial charge in [0.15, 0.2) is 0 Å². The van der Waals surface area contributed by atoms with Gasteiger partial charge >= 0.3 is 6.09 Å². The van der Waals surface area contributed by atoms with Gasteiger partial charge < -0.3 is 9.84 Å². The Labute approximate surface area is 253 Å². The van der Waals surface area contributed by atoms with E-state index in [1.165, 1.54) is 23.8 Å². The van der Waals surface area contributed by atoms with Crippen molar-refractivity contribution >= 4 is 12.0 Å². The van der Waals surface area contributed by atoms with Crippen molar-refractivity contribution < 1.29 is 19.4 Å². The number of carbonyl (C=O) groups is 2. The molecule has 5 nitrogen and oxygen atoms in total. The van der Waals surface area contributed by atoms with E-state index in [-0.39, 0.29) is 6.10 Å². The number of benzene rings is 2. The number of aryl methyl sites for hydroxylation is 2. The monoisotopic (exact) mass is 571 g/mol. The fourth-order valence-corrected chi connectivity index (χ4v) is 5.53. The van der Waals surface area contributed by atoms with Crippen LogP contribution >= 0.6 is 0 Å². The van der Waals surface area contributed by atoms with Crippen LogP contribution in [0.4, 0.5) is 4.79 Å². The first-order valence-corrected chi connectivity index (χ1v) is 15.2. The molecule has 42 heavy (non-hydrogen) atoms. The van der Waals surface area contributed by atoms with Crippen molar-refractivity contribution in [2.45, 2.75) is 106 Å². The maximum Gasteiger partial charge on any atom is 0.414 e. The van der Waals surface area contributed by atoms with Crippen LogP contribution in [0.1, 0.15) is 105 Å². The Hall–Kier alpha value is -3.60. The van der Waals surface area contributed by atoms with Crippen LogP contribution in [0, 0.1) is 20.8 Å². The van der Waals surface area contributed by atoms with Crippen molar-refractivity contribution in [3.8, 4) is 16.9 Å². The molecule has 0 spiro atoms. The van der Waals surface area contributed by atoms with Gasteiger partial charge in [0.05, 0.1) is 6.10 Å². The summed E-state index contributed by atoms with van der Waals surface area (Å²) in [6.07, 6.45) is 14.3. The van der Waals surface area contributed by atoms with Gasteiger partial charge in [-0.15, -0.1) is 0 Å². The molecule has 0 radical (unpaired) electrons. The lowest BCUT2D eigenvalue weighted by Crippen LogP contribution is -2.32. The van der Waals surface area contributed by atoms with Crippen LogP contribution in [-0.2, 0) is 6.42 Å². The maximum absolute atomic E-state index is 13.1. The summed E-state index contributed by atoms with van der Waals surface area (Å²) in [7, 11) is 1.29. The van der Waals surface area contributed by atoms with E-state index in [1.807, 2.05) is 19.1 Å². The van der Waals surface area contributed by atoms with Crippen molar-refractivity contribution in [2.24, 2.45) is 0 Å². The summed E-state index contributed by atoms with van der Waals surface area (Å²) in [5, 5.41) is 9.40. The highest BCUT2D eigenvalue weighted by Gasteiger charge is 2.26. The minimum Gasteiger partial charge on any atom is -0.490 e. The molecule has 1 heterocycles. The van der Waals surface area contributed by atoms with E-state index < -0.39 is 12.0 Å². The van der Waals surface area contributed by atoms with Crippen molar-refractivity contribution in [3.05, 3.63) is 87.0 Å². The number of allylic oxidation sites excluding steroid dienone is 6. The maximum atomic E-state index is 13.1. The van der Waals surface area contributed by atoms with Gasteiger partial charge in [0.25, 0.3) is 5.91 Å². The zero-order valence-electron chi connectivity index (χ0n) is 26.9. The van der Waals surface area contributed by atoms with E-state index in [1.54, 1.807) is 6.07 Å². The number of amides is 2. The molecule has 0 aromatic heterocycles. The van der Waals surface area contributed by atoms with Gasteiger partial charge in [0, 0.05) is 12.6 Å². The van der Waals surface area contributed by atoms with E-state index in [0.29, 0.717) is 5.56 Å². The van der Waals surface area contributed by atoms with Gasteiger partial charge in [-0.25, -0.2) is 9.69 Å². The van der Waals surface area contributed by atoms with Crippen molar-refractivity contribution in [1.82, 2.24) is 4.90 Å². The summed E-state index contributed by atoms with van der Waals surface area (Å²) in [4.78, 5) is 25.3. The molecule has 1 N–H and O–H groups in total. The van der Waals surface area contributed by atoms with Crippen LogP contribution in [-0.4, -0.2) is 35.2 Å². The largest absolute Gasteiger partial charge is 0.490 e. The highest BCUT2D eigenvalue weighted by Crippen LogP contribution is 2.40. The van der Waals surface area contributed by atoms with Crippen LogP contribution in [0.15, 0.2) is 59.2 Å². The Bertz CT molecular complexity index is 1390. The number of imide groups is 1. The first-order chi connectivity index (χ1) is 19.9. The lowest BCUT2D eigenvalue weighted by atomic mass is 9.87. The second-order valence-corrected chi connectivity index (χ2v) is 12.2. The second kappa shape index (κ2) is 15.0. The number of carbonyl (C=O) groups excluding carboxylic acids is 1. The molecule has 2 aromatic carbocycles. The predicted octanol–water partition coefficient (Wildman–Crippen LogP) is 9.92. The molecule has 5 heteroatoms. The van der Waals surface area contributed by atoms with Crippen LogP contribution in [0.2, 0.25) is 0 Å². The Balaban J connectivity index is 1.67. The summed E-state index contributed by atoms with van der Waals surface area (Å²) in [6, 6.07) is 7.80. The molecule has 0 bridgehead atoms. The van der Waals surface area contributed by atoms with Gasteiger partial charge in [-0.3, -0.25) is 4.79 Å². The van der Waals surface area contributed by atoms with Crippen molar-refractivity contribution in [2.75, 3.05) is 7.05 Å². The van der Waals surface area contributed by atoms with E-state index >= 15 is 0 Å². The molecule has 0 saturated carbocycles. The molecule has 0 saturated heterocycles. The average molecular weight is 572 g/mol. The first kappa shape index (κ1) is 32.9. The van der Waals surface area contributed by atoms with Crippen LogP contribution in [0.25, 0.3) is 11.1 Å². The number of rotatable bonds is 11. The van der Waals surface area contributed by atoms with Gasteiger partial charge in [-0.2, -0.15) is 0 Å². The summed E-state index contributed by atoms with van der Waals surface area (Å²) in [5.41, 5.74) is 10.6. The number of hydrogen-bond acceptors (Lipinski definition) is 3. The van der Waals surface area contributed by atoms with Crippen LogP contribution < -0.4 is 4.74 Å². The fraction of sp³-hybridized carbons (Fsp3) is 0.459. The predicted molar refractivity (Wildman–Crippen MR) is 174 cm³/mol. The molecule has 226 valence electrons. The summed E-state index contributed by atoms with van der Waals surface area (Å²) in [5.74, 6) is 0.436. The molecule has 1 aliphatic rings. The average Bonchev–Trinajstić information content (AvgIpc) is 2.94. The Morgan fingerprint density at radius 1 is 0.905 bits per heavy atom. The molecule has 1 unspecified atom stereocenters. The third-order valence-electron chi connectivity index (χ3n) is 8.33. The van der Waals surface area contributed by atoms with E-state index in [9.17, 15) is 14.7 Å². The molecular formula is C37H49NO4. The summed E-state index contributed by atoms with van der Waals surface area (Å²) >= 11 is 0. The molecule has 1 atom stereocenters. The number of ether oxygens (including phenoxy) is 1. The minimum atomic E-state index is -1.27. The zero-order chi connectivity index (χ0) is 31.0. The fourth-order valence-electron chi connectivity index (χ4n) is 5.53.